The molecule has 0 bridgehead atoms. The second kappa shape index (κ2) is 5.32. The average Bonchev–Trinajstić information content (AvgIpc) is 2.66. The van der Waals surface area contributed by atoms with E-state index in [1.165, 1.54) is 19.3 Å². The molecule has 0 aromatic rings. The molecular formula is C10H18N2O3. The smallest absolute Gasteiger partial charge is 0.407 e. The van der Waals surface area contributed by atoms with Crippen LogP contribution in [0.4, 0.5) is 4.79 Å². The number of carbonyl (C=O) groups excluding carboxylic acids is 1. The maximum Gasteiger partial charge on any atom is 0.407 e. The molecule has 2 saturated heterocycles. The quantitative estimate of drug-likeness (QED) is 0.704. The monoisotopic (exact) mass is 214 g/mol. The first-order valence-electron chi connectivity index (χ1n) is 5.60. The van der Waals surface area contributed by atoms with E-state index in [9.17, 15) is 4.79 Å². The Kier molecular flexibility index (Phi) is 3.80. The molecule has 1 amide bonds. The molecule has 0 radical (unpaired) electrons. The third-order valence-corrected chi connectivity index (χ3v) is 2.78. The van der Waals surface area contributed by atoms with Gasteiger partial charge in [-0.2, -0.15) is 0 Å². The molecule has 0 aromatic heterocycles. The second-order valence-corrected chi connectivity index (χ2v) is 4.09. The summed E-state index contributed by atoms with van der Waals surface area (Å²) in [5.41, 5.74) is 0. The lowest BCUT2D eigenvalue weighted by molar-refractivity contribution is 0.0335. The highest BCUT2D eigenvalue weighted by atomic mass is 16.6. The van der Waals surface area contributed by atoms with E-state index in [2.05, 4.69) is 10.6 Å². The number of cyclic esters (lactones) is 1. The SMILES string of the molecule is O=C1NCC(COCC2CCCCN2)O1. The molecule has 2 unspecified atom stereocenters. The van der Waals surface area contributed by atoms with E-state index in [0.29, 0.717) is 25.8 Å². The van der Waals surface area contributed by atoms with E-state index in [-0.39, 0.29) is 12.2 Å². The van der Waals surface area contributed by atoms with Gasteiger partial charge in [0.05, 0.1) is 19.8 Å². The van der Waals surface area contributed by atoms with Crippen molar-refractivity contribution in [2.24, 2.45) is 0 Å². The van der Waals surface area contributed by atoms with Crippen molar-refractivity contribution in [2.75, 3.05) is 26.3 Å². The molecule has 2 rings (SSSR count). The maximum absolute atomic E-state index is 10.7. The molecule has 2 atom stereocenters. The molecule has 2 heterocycles. The summed E-state index contributed by atoms with van der Waals surface area (Å²) in [4.78, 5) is 10.7. The molecule has 5 nitrogen and oxygen atoms in total. The van der Waals surface area contributed by atoms with Crippen LogP contribution < -0.4 is 10.6 Å². The van der Waals surface area contributed by atoms with Crippen molar-refractivity contribution in [3.8, 4) is 0 Å². The third-order valence-electron chi connectivity index (χ3n) is 2.78. The number of alkyl carbamates (subject to hydrolysis) is 1. The minimum atomic E-state index is -0.334. The van der Waals surface area contributed by atoms with Crippen LogP contribution in [-0.2, 0) is 9.47 Å². The maximum atomic E-state index is 10.7. The summed E-state index contributed by atoms with van der Waals surface area (Å²) in [6, 6.07) is 0.476. The van der Waals surface area contributed by atoms with E-state index in [1.807, 2.05) is 0 Å². The zero-order chi connectivity index (χ0) is 10.5. The Hall–Kier alpha value is -0.810. The first kappa shape index (κ1) is 10.7. The highest BCUT2D eigenvalue weighted by molar-refractivity contribution is 5.69. The van der Waals surface area contributed by atoms with Gasteiger partial charge in [0.25, 0.3) is 0 Å². The fourth-order valence-corrected chi connectivity index (χ4v) is 1.93. The van der Waals surface area contributed by atoms with Crippen molar-refractivity contribution in [2.45, 2.75) is 31.4 Å². The summed E-state index contributed by atoms with van der Waals surface area (Å²) < 4.78 is 10.5. The lowest BCUT2D eigenvalue weighted by atomic mass is 10.1. The van der Waals surface area contributed by atoms with Crippen LogP contribution >= 0.6 is 0 Å². The Balaban J connectivity index is 1.56. The Morgan fingerprint density at radius 3 is 3.00 bits per heavy atom. The van der Waals surface area contributed by atoms with Crippen LogP contribution in [0.3, 0.4) is 0 Å². The number of nitrogens with one attached hydrogen (secondary N) is 2. The van der Waals surface area contributed by atoms with Crippen LogP contribution in [0.25, 0.3) is 0 Å². The van der Waals surface area contributed by atoms with Gasteiger partial charge in [-0.05, 0) is 19.4 Å². The Labute approximate surface area is 89.5 Å². The van der Waals surface area contributed by atoms with Crippen molar-refractivity contribution in [3.63, 3.8) is 0 Å². The van der Waals surface area contributed by atoms with Crippen LogP contribution in [0.15, 0.2) is 0 Å². The van der Waals surface area contributed by atoms with Crippen molar-refractivity contribution >= 4 is 6.09 Å². The lowest BCUT2D eigenvalue weighted by Gasteiger charge is -2.23. The number of carbonyl (C=O) groups is 1. The van der Waals surface area contributed by atoms with Gasteiger partial charge in [-0.15, -0.1) is 0 Å². The predicted octanol–water partition coefficient (Wildman–Crippen LogP) is 0.253. The molecule has 2 aliphatic rings. The molecular weight excluding hydrogens is 196 g/mol. The number of amides is 1. The number of piperidine rings is 1. The first-order chi connectivity index (χ1) is 7.34. The molecule has 15 heavy (non-hydrogen) atoms. The first-order valence-corrected chi connectivity index (χ1v) is 5.60. The van der Waals surface area contributed by atoms with Gasteiger partial charge in [0, 0.05) is 6.04 Å². The third kappa shape index (κ3) is 3.35. The summed E-state index contributed by atoms with van der Waals surface area (Å²) in [6.07, 6.45) is 3.28. The molecule has 86 valence electrons. The highest BCUT2D eigenvalue weighted by Crippen LogP contribution is 2.08. The van der Waals surface area contributed by atoms with Crippen molar-refractivity contribution in [3.05, 3.63) is 0 Å². The predicted molar refractivity (Wildman–Crippen MR) is 54.7 cm³/mol. The number of hydrogen-bond acceptors (Lipinski definition) is 4. The van der Waals surface area contributed by atoms with Crippen LogP contribution in [0, 0.1) is 0 Å². The van der Waals surface area contributed by atoms with Crippen LogP contribution in [0.1, 0.15) is 19.3 Å². The topological polar surface area (TPSA) is 59.6 Å². The summed E-state index contributed by atoms with van der Waals surface area (Å²) >= 11 is 0. The van der Waals surface area contributed by atoms with E-state index in [0.717, 1.165) is 6.54 Å². The average molecular weight is 214 g/mol. The molecule has 0 spiro atoms. The fourth-order valence-electron chi connectivity index (χ4n) is 1.93. The van der Waals surface area contributed by atoms with E-state index in [1.54, 1.807) is 0 Å². The van der Waals surface area contributed by atoms with Gasteiger partial charge >= 0.3 is 6.09 Å². The van der Waals surface area contributed by atoms with Gasteiger partial charge in [0.15, 0.2) is 0 Å². The van der Waals surface area contributed by atoms with E-state index < -0.39 is 0 Å². The minimum Gasteiger partial charge on any atom is -0.442 e. The molecule has 0 aromatic carbocycles. The number of ether oxygens (including phenoxy) is 2. The van der Waals surface area contributed by atoms with E-state index >= 15 is 0 Å². The molecule has 0 aliphatic carbocycles. The summed E-state index contributed by atoms with van der Waals surface area (Å²) in [6.45, 7) is 2.87. The van der Waals surface area contributed by atoms with E-state index in [4.69, 9.17) is 9.47 Å². The van der Waals surface area contributed by atoms with Crippen molar-refractivity contribution in [1.82, 2.24) is 10.6 Å². The van der Waals surface area contributed by atoms with Gasteiger partial charge in [-0.1, -0.05) is 6.42 Å². The van der Waals surface area contributed by atoms with Gasteiger partial charge in [0.2, 0.25) is 0 Å². The van der Waals surface area contributed by atoms with Gasteiger partial charge in [-0.25, -0.2) is 4.79 Å². The van der Waals surface area contributed by atoms with Crippen LogP contribution in [-0.4, -0.2) is 44.5 Å². The normalized spacial score (nSPS) is 31.1. The highest BCUT2D eigenvalue weighted by Gasteiger charge is 2.23. The lowest BCUT2D eigenvalue weighted by Crippen LogP contribution is -2.38. The number of rotatable bonds is 4. The van der Waals surface area contributed by atoms with Gasteiger partial charge in [-0.3, -0.25) is 0 Å². The van der Waals surface area contributed by atoms with Crippen LogP contribution in [0.2, 0.25) is 0 Å². The number of hydrogen-bond donors (Lipinski definition) is 2. The summed E-state index contributed by atoms with van der Waals surface area (Å²) in [5, 5.41) is 6.01. The molecule has 2 aliphatic heterocycles. The minimum absolute atomic E-state index is 0.110. The zero-order valence-electron chi connectivity index (χ0n) is 8.83. The van der Waals surface area contributed by atoms with Crippen LogP contribution in [0.5, 0.6) is 0 Å². The van der Waals surface area contributed by atoms with Crippen molar-refractivity contribution < 1.29 is 14.3 Å². The Morgan fingerprint density at radius 2 is 2.33 bits per heavy atom. The van der Waals surface area contributed by atoms with Gasteiger partial charge in [0.1, 0.15) is 6.10 Å². The van der Waals surface area contributed by atoms with Gasteiger partial charge < -0.3 is 20.1 Å². The zero-order valence-corrected chi connectivity index (χ0v) is 8.83. The summed E-state index contributed by atoms with van der Waals surface area (Å²) in [5.74, 6) is 0. The molecule has 5 heteroatoms. The molecule has 2 N–H and O–H groups in total. The Morgan fingerprint density at radius 1 is 1.40 bits per heavy atom. The summed E-state index contributed by atoms with van der Waals surface area (Å²) in [7, 11) is 0. The van der Waals surface area contributed by atoms with Crippen molar-refractivity contribution in [1.29, 1.82) is 0 Å². The second-order valence-electron chi connectivity index (χ2n) is 4.09. The molecule has 2 fully saturated rings. The largest absolute Gasteiger partial charge is 0.442 e. The Bertz CT molecular complexity index is 217. The standard InChI is InChI=1S/C10H18N2O3/c13-10-12-5-9(15-10)7-14-6-8-3-1-2-4-11-8/h8-9,11H,1-7H2,(H,12,13). The molecule has 0 saturated carbocycles. The fraction of sp³-hybridized carbons (Fsp3) is 0.900.